The van der Waals surface area contributed by atoms with Gasteiger partial charge in [0, 0.05) is 19.0 Å². The number of hydrogen-bond donors (Lipinski definition) is 1. The van der Waals surface area contributed by atoms with E-state index in [1.54, 1.807) is 6.92 Å². The van der Waals surface area contributed by atoms with Crippen molar-refractivity contribution >= 4 is 17.1 Å². The molecule has 0 aliphatic carbocycles. The third kappa shape index (κ3) is 2.43. The average Bonchev–Trinajstić information content (AvgIpc) is 2.71. The first-order valence-corrected chi connectivity index (χ1v) is 6.21. The van der Waals surface area contributed by atoms with Gasteiger partial charge in [-0.1, -0.05) is 24.3 Å². The zero-order valence-electron chi connectivity index (χ0n) is 9.86. The molecule has 0 aliphatic heterocycles. The molecule has 0 radical (unpaired) electrons. The summed E-state index contributed by atoms with van der Waals surface area (Å²) < 4.78 is 0. The fourth-order valence-corrected chi connectivity index (χ4v) is 2.60. The molecule has 0 spiro atoms. The molecule has 3 nitrogen and oxygen atoms in total. The number of benzene rings is 1. The summed E-state index contributed by atoms with van der Waals surface area (Å²) in [5, 5.41) is 0.885. The number of nitrogens with zero attached hydrogens (tertiary/aromatic N) is 1. The van der Waals surface area contributed by atoms with Crippen molar-refractivity contribution in [3.63, 3.8) is 0 Å². The van der Waals surface area contributed by atoms with Crippen LogP contribution in [0.5, 0.6) is 0 Å². The molecule has 4 heteroatoms. The van der Waals surface area contributed by atoms with Crippen LogP contribution >= 0.6 is 11.3 Å². The number of carbonyl (C=O) groups excluding carboxylic acids is 1. The Kier molecular flexibility index (Phi) is 3.36. The van der Waals surface area contributed by atoms with Gasteiger partial charge in [0.1, 0.15) is 5.01 Å². The first-order chi connectivity index (χ1) is 8.11. The molecule has 0 bridgehead atoms. The van der Waals surface area contributed by atoms with Crippen molar-refractivity contribution in [3.8, 4) is 10.6 Å². The Labute approximate surface area is 104 Å². The van der Waals surface area contributed by atoms with E-state index in [1.807, 2.05) is 31.2 Å². The number of aryl methyl sites for hydroxylation is 1. The smallest absolute Gasteiger partial charge is 0.171 e. The summed E-state index contributed by atoms with van der Waals surface area (Å²) in [7, 11) is 0. The highest BCUT2D eigenvalue weighted by Gasteiger charge is 2.12. The van der Waals surface area contributed by atoms with Gasteiger partial charge in [-0.25, -0.2) is 4.98 Å². The number of hydrogen-bond acceptors (Lipinski definition) is 4. The lowest BCUT2D eigenvalue weighted by molar-refractivity contribution is 0.102. The molecule has 2 rings (SSSR count). The zero-order valence-corrected chi connectivity index (χ0v) is 10.7. The van der Waals surface area contributed by atoms with Gasteiger partial charge in [0.05, 0.1) is 10.6 Å². The topological polar surface area (TPSA) is 56.0 Å². The van der Waals surface area contributed by atoms with Crippen molar-refractivity contribution in [1.82, 2.24) is 4.98 Å². The molecular weight excluding hydrogens is 232 g/mol. The Bertz CT molecular complexity index is 543. The van der Waals surface area contributed by atoms with Gasteiger partial charge in [0.25, 0.3) is 0 Å². The molecule has 1 heterocycles. The van der Waals surface area contributed by atoms with Gasteiger partial charge in [0.15, 0.2) is 5.78 Å². The first-order valence-electron chi connectivity index (χ1n) is 5.39. The van der Waals surface area contributed by atoms with Crippen LogP contribution in [-0.2, 0) is 6.54 Å². The minimum absolute atomic E-state index is 0.0739. The van der Waals surface area contributed by atoms with Crippen LogP contribution in [0.2, 0.25) is 0 Å². The molecule has 2 N–H and O–H groups in total. The summed E-state index contributed by atoms with van der Waals surface area (Å²) in [6, 6.07) is 7.95. The van der Waals surface area contributed by atoms with E-state index >= 15 is 0 Å². The monoisotopic (exact) mass is 246 g/mol. The van der Waals surface area contributed by atoms with Crippen LogP contribution in [0.1, 0.15) is 27.9 Å². The van der Waals surface area contributed by atoms with E-state index < -0.39 is 0 Å². The number of aromatic nitrogens is 1. The van der Waals surface area contributed by atoms with Crippen molar-refractivity contribution in [2.24, 2.45) is 5.73 Å². The minimum Gasteiger partial charge on any atom is -0.326 e. The maximum absolute atomic E-state index is 11.4. The van der Waals surface area contributed by atoms with E-state index in [0.717, 1.165) is 26.7 Å². The SMILES string of the molecule is CC(=O)c1sc(-c2ccc(CN)cc2)nc1C. The Morgan fingerprint density at radius 1 is 1.35 bits per heavy atom. The van der Waals surface area contributed by atoms with E-state index in [-0.39, 0.29) is 5.78 Å². The number of rotatable bonds is 3. The quantitative estimate of drug-likeness (QED) is 0.847. The van der Waals surface area contributed by atoms with Gasteiger partial charge in [-0.3, -0.25) is 4.79 Å². The van der Waals surface area contributed by atoms with Crippen LogP contribution in [0.15, 0.2) is 24.3 Å². The fraction of sp³-hybridized carbons (Fsp3) is 0.231. The van der Waals surface area contributed by atoms with Crippen molar-refractivity contribution < 1.29 is 4.79 Å². The third-order valence-electron chi connectivity index (χ3n) is 2.55. The van der Waals surface area contributed by atoms with Gasteiger partial charge >= 0.3 is 0 Å². The first kappa shape index (κ1) is 12.0. The summed E-state index contributed by atoms with van der Waals surface area (Å²) in [6.07, 6.45) is 0. The normalized spacial score (nSPS) is 10.5. The van der Waals surface area contributed by atoms with Gasteiger partial charge in [-0.05, 0) is 12.5 Å². The van der Waals surface area contributed by atoms with Gasteiger partial charge in [-0.15, -0.1) is 11.3 Å². The highest BCUT2D eigenvalue weighted by atomic mass is 32.1. The van der Waals surface area contributed by atoms with Crippen LogP contribution < -0.4 is 5.73 Å². The Morgan fingerprint density at radius 2 is 2.00 bits per heavy atom. The number of Topliss-reactive ketones (excluding diaryl/α,β-unsaturated/α-hetero) is 1. The molecule has 0 saturated heterocycles. The Balaban J connectivity index is 2.39. The second-order valence-corrected chi connectivity index (χ2v) is 4.89. The average molecular weight is 246 g/mol. The zero-order chi connectivity index (χ0) is 12.4. The van der Waals surface area contributed by atoms with Crippen LogP contribution in [0, 0.1) is 6.92 Å². The van der Waals surface area contributed by atoms with Gasteiger partial charge in [-0.2, -0.15) is 0 Å². The van der Waals surface area contributed by atoms with Crippen LogP contribution in [-0.4, -0.2) is 10.8 Å². The molecule has 0 atom stereocenters. The number of ketones is 1. The number of nitrogens with two attached hydrogens (primary N) is 1. The molecule has 0 saturated carbocycles. The summed E-state index contributed by atoms with van der Waals surface area (Å²) in [6.45, 7) is 3.97. The Hall–Kier alpha value is -1.52. The van der Waals surface area contributed by atoms with Crippen molar-refractivity contribution in [1.29, 1.82) is 0 Å². The lowest BCUT2D eigenvalue weighted by atomic mass is 10.1. The highest BCUT2D eigenvalue weighted by Crippen LogP contribution is 2.28. The molecule has 1 aromatic carbocycles. The summed E-state index contributed by atoms with van der Waals surface area (Å²) in [5.74, 6) is 0.0739. The molecule has 1 aromatic heterocycles. The molecular formula is C13H14N2OS. The van der Waals surface area contributed by atoms with Crippen molar-refractivity contribution in [3.05, 3.63) is 40.4 Å². The van der Waals surface area contributed by atoms with Gasteiger partial charge < -0.3 is 5.73 Å². The maximum atomic E-state index is 11.4. The standard InChI is InChI=1S/C13H14N2OS/c1-8-12(9(2)16)17-13(15-8)11-5-3-10(7-14)4-6-11/h3-6H,7,14H2,1-2H3. The van der Waals surface area contributed by atoms with E-state index in [0.29, 0.717) is 6.54 Å². The molecule has 0 unspecified atom stereocenters. The predicted octanol–water partition coefficient (Wildman–Crippen LogP) is 2.78. The highest BCUT2D eigenvalue weighted by molar-refractivity contribution is 7.17. The fourth-order valence-electron chi connectivity index (χ4n) is 1.63. The van der Waals surface area contributed by atoms with Crippen molar-refractivity contribution in [2.45, 2.75) is 20.4 Å². The number of thiazole rings is 1. The van der Waals surface area contributed by atoms with Crippen LogP contribution in [0.3, 0.4) is 0 Å². The Morgan fingerprint density at radius 3 is 2.47 bits per heavy atom. The molecule has 0 fully saturated rings. The predicted molar refractivity (Wildman–Crippen MR) is 70.2 cm³/mol. The third-order valence-corrected chi connectivity index (χ3v) is 3.86. The van der Waals surface area contributed by atoms with Crippen molar-refractivity contribution in [2.75, 3.05) is 0 Å². The largest absolute Gasteiger partial charge is 0.326 e. The summed E-state index contributed by atoms with van der Waals surface area (Å²) >= 11 is 1.44. The maximum Gasteiger partial charge on any atom is 0.171 e. The summed E-state index contributed by atoms with van der Waals surface area (Å²) in [4.78, 5) is 16.5. The molecule has 88 valence electrons. The van der Waals surface area contributed by atoms with E-state index in [2.05, 4.69) is 4.98 Å². The van der Waals surface area contributed by atoms with E-state index in [9.17, 15) is 4.79 Å². The molecule has 17 heavy (non-hydrogen) atoms. The van der Waals surface area contributed by atoms with Crippen LogP contribution in [0.25, 0.3) is 10.6 Å². The van der Waals surface area contributed by atoms with Crippen LogP contribution in [0.4, 0.5) is 0 Å². The second-order valence-electron chi connectivity index (χ2n) is 3.89. The second kappa shape index (κ2) is 4.77. The molecule has 0 amide bonds. The van der Waals surface area contributed by atoms with Gasteiger partial charge in [0.2, 0.25) is 0 Å². The summed E-state index contributed by atoms with van der Waals surface area (Å²) in [5.41, 5.74) is 8.48. The lowest BCUT2D eigenvalue weighted by Crippen LogP contribution is -1.95. The van der Waals surface area contributed by atoms with E-state index in [4.69, 9.17) is 5.73 Å². The lowest BCUT2D eigenvalue weighted by Gasteiger charge is -1.98. The van der Waals surface area contributed by atoms with E-state index in [1.165, 1.54) is 11.3 Å². The molecule has 0 aliphatic rings. The minimum atomic E-state index is 0.0739. The number of carbonyl (C=O) groups is 1. The molecule has 2 aromatic rings.